The van der Waals surface area contributed by atoms with Crippen LogP contribution in [0.4, 0.5) is 0 Å². The van der Waals surface area contributed by atoms with Gasteiger partial charge in [-0.05, 0) is 49.7 Å². The minimum Gasteiger partial charge on any atom is -0.468 e. The van der Waals surface area contributed by atoms with Crippen LogP contribution in [0.3, 0.4) is 0 Å². The number of amides is 1. The lowest BCUT2D eigenvalue weighted by atomic mass is 10.2. The predicted molar refractivity (Wildman–Crippen MR) is 118 cm³/mol. The summed E-state index contributed by atoms with van der Waals surface area (Å²) < 4.78 is 35.3. The number of halogens is 1. The molecule has 9 nitrogen and oxygen atoms in total. The van der Waals surface area contributed by atoms with Gasteiger partial charge in [0, 0.05) is 24.2 Å². The Morgan fingerprint density at radius 2 is 2.00 bits per heavy atom. The maximum Gasteiger partial charge on any atom is 0.315 e. The van der Waals surface area contributed by atoms with Crippen LogP contribution in [0, 0.1) is 0 Å². The number of benzene rings is 1. The van der Waals surface area contributed by atoms with E-state index in [0.29, 0.717) is 30.7 Å². The number of nitrogens with zero attached hydrogens (tertiary/aromatic N) is 3. The molecule has 172 valence electrons. The van der Waals surface area contributed by atoms with E-state index in [1.807, 2.05) is 12.1 Å². The summed E-state index contributed by atoms with van der Waals surface area (Å²) in [5, 5.41) is 6.78. The predicted octanol–water partition coefficient (Wildman–Crippen LogP) is 3.32. The Kier molecular flexibility index (Phi) is 8.05. The van der Waals surface area contributed by atoms with Crippen LogP contribution in [-0.4, -0.2) is 48.5 Å². The van der Waals surface area contributed by atoms with Crippen LogP contribution in [0.2, 0.25) is 5.02 Å². The van der Waals surface area contributed by atoms with Crippen molar-refractivity contribution in [1.82, 2.24) is 20.4 Å². The molecule has 0 saturated carbocycles. The molecule has 0 aliphatic carbocycles. The van der Waals surface area contributed by atoms with Gasteiger partial charge in [0.15, 0.2) is 15.7 Å². The third kappa shape index (κ3) is 6.41. The molecule has 3 rings (SSSR count). The standard InChI is InChI=1S/C21H25ClN4O5S/c1-3-15(2)26(13-17-5-4-12-30-17)11-10-23-20(27)21-24-19(25-31-21)14-32(28,29)18-8-6-16(22)7-9-18/h4-9,12,15H,3,10-11,13-14H2,1-2H3,(H,23,27)/t15-/m0/s1. The number of sulfone groups is 1. The molecule has 2 heterocycles. The van der Waals surface area contributed by atoms with Gasteiger partial charge in [-0.3, -0.25) is 9.69 Å². The van der Waals surface area contributed by atoms with E-state index >= 15 is 0 Å². The Labute approximate surface area is 191 Å². The van der Waals surface area contributed by atoms with Gasteiger partial charge < -0.3 is 14.3 Å². The Morgan fingerprint density at radius 1 is 1.25 bits per heavy atom. The molecule has 1 N–H and O–H groups in total. The Balaban J connectivity index is 1.55. The number of hydrogen-bond donors (Lipinski definition) is 1. The third-order valence-electron chi connectivity index (χ3n) is 4.99. The maximum atomic E-state index is 12.5. The molecule has 0 aliphatic heterocycles. The first-order valence-corrected chi connectivity index (χ1v) is 12.2. The van der Waals surface area contributed by atoms with Crippen LogP contribution in [-0.2, 0) is 22.1 Å². The van der Waals surface area contributed by atoms with Crippen molar-refractivity contribution >= 4 is 27.3 Å². The summed E-state index contributed by atoms with van der Waals surface area (Å²) in [7, 11) is -3.70. The number of carbonyl (C=O) groups excluding carboxylic acids is 1. The number of carbonyl (C=O) groups is 1. The Bertz CT molecular complexity index is 1110. The zero-order valence-corrected chi connectivity index (χ0v) is 19.4. The highest BCUT2D eigenvalue weighted by Gasteiger charge is 2.22. The van der Waals surface area contributed by atoms with E-state index in [-0.39, 0.29) is 16.6 Å². The molecule has 2 aromatic heterocycles. The summed E-state index contributed by atoms with van der Waals surface area (Å²) in [5.74, 6) is -0.581. The minimum absolute atomic E-state index is 0.0828. The maximum absolute atomic E-state index is 12.5. The average molecular weight is 481 g/mol. The number of hydrogen-bond acceptors (Lipinski definition) is 8. The number of aromatic nitrogens is 2. The van der Waals surface area contributed by atoms with Crippen molar-refractivity contribution in [3.05, 3.63) is 65.2 Å². The van der Waals surface area contributed by atoms with Gasteiger partial charge in [-0.2, -0.15) is 4.98 Å². The molecule has 11 heteroatoms. The molecule has 0 saturated heterocycles. The van der Waals surface area contributed by atoms with E-state index in [4.69, 9.17) is 20.5 Å². The molecule has 3 aromatic rings. The molecule has 0 aliphatic rings. The summed E-state index contributed by atoms with van der Waals surface area (Å²) >= 11 is 5.80. The van der Waals surface area contributed by atoms with E-state index in [1.165, 1.54) is 24.3 Å². The highest BCUT2D eigenvalue weighted by molar-refractivity contribution is 7.90. The highest BCUT2D eigenvalue weighted by Crippen LogP contribution is 2.18. The van der Waals surface area contributed by atoms with E-state index in [1.54, 1.807) is 6.26 Å². The van der Waals surface area contributed by atoms with Gasteiger partial charge in [-0.15, -0.1) is 0 Å². The second kappa shape index (κ2) is 10.8. The molecule has 0 spiro atoms. The lowest BCUT2D eigenvalue weighted by molar-refractivity contribution is 0.0898. The zero-order chi connectivity index (χ0) is 23.1. The molecule has 32 heavy (non-hydrogen) atoms. The normalized spacial score (nSPS) is 12.8. The van der Waals surface area contributed by atoms with Crippen molar-refractivity contribution in [3.63, 3.8) is 0 Å². The molecule has 0 fully saturated rings. The third-order valence-corrected chi connectivity index (χ3v) is 6.87. The molecule has 1 amide bonds. The molecule has 1 aromatic carbocycles. The van der Waals surface area contributed by atoms with Crippen molar-refractivity contribution in [2.24, 2.45) is 0 Å². The van der Waals surface area contributed by atoms with Crippen molar-refractivity contribution in [3.8, 4) is 0 Å². The molecule has 0 radical (unpaired) electrons. The van der Waals surface area contributed by atoms with E-state index in [9.17, 15) is 13.2 Å². The van der Waals surface area contributed by atoms with Crippen molar-refractivity contribution < 1.29 is 22.2 Å². The van der Waals surface area contributed by atoms with Gasteiger partial charge in [0.2, 0.25) is 0 Å². The van der Waals surface area contributed by atoms with Crippen LogP contribution >= 0.6 is 11.6 Å². The molecular weight excluding hydrogens is 456 g/mol. The summed E-state index contributed by atoms with van der Waals surface area (Å²) in [6, 6.07) is 9.81. The van der Waals surface area contributed by atoms with Crippen LogP contribution in [0.15, 0.2) is 56.5 Å². The van der Waals surface area contributed by atoms with Crippen LogP contribution in [0.25, 0.3) is 0 Å². The van der Waals surface area contributed by atoms with Crippen molar-refractivity contribution in [2.75, 3.05) is 13.1 Å². The molecule has 0 unspecified atom stereocenters. The van der Waals surface area contributed by atoms with Gasteiger partial charge in [-0.1, -0.05) is 23.7 Å². The first-order valence-electron chi connectivity index (χ1n) is 10.1. The Hall–Kier alpha value is -2.69. The fourth-order valence-corrected chi connectivity index (χ4v) is 4.31. The van der Waals surface area contributed by atoms with Crippen LogP contribution in [0.5, 0.6) is 0 Å². The van der Waals surface area contributed by atoms with E-state index in [0.717, 1.165) is 12.2 Å². The average Bonchev–Trinajstić information content (AvgIpc) is 3.44. The fourth-order valence-electron chi connectivity index (χ4n) is 3.00. The van der Waals surface area contributed by atoms with Gasteiger partial charge in [0.1, 0.15) is 11.5 Å². The van der Waals surface area contributed by atoms with Gasteiger partial charge in [0.05, 0.1) is 17.7 Å². The fraction of sp³-hybridized carbons (Fsp3) is 0.381. The molecular formula is C21H25ClN4O5S. The van der Waals surface area contributed by atoms with Gasteiger partial charge >= 0.3 is 11.8 Å². The number of nitrogens with one attached hydrogen (secondary N) is 1. The highest BCUT2D eigenvalue weighted by atomic mass is 35.5. The number of rotatable bonds is 11. The first-order chi connectivity index (χ1) is 15.3. The van der Waals surface area contributed by atoms with Crippen molar-refractivity contribution in [2.45, 2.75) is 43.5 Å². The minimum atomic E-state index is -3.70. The van der Waals surface area contributed by atoms with Gasteiger partial charge in [-0.25, -0.2) is 8.42 Å². The second-order valence-electron chi connectivity index (χ2n) is 7.29. The summed E-state index contributed by atoms with van der Waals surface area (Å²) in [4.78, 5) is 18.6. The quantitative estimate of drug-likeness (QED) is 0.444. The van der Waals surface area contributed by atoms with E-state index < -0.39 is 21.5 Å². The Morgan fingerprint density at radius 3 is 2.66 bits per heavy atom. The largest absolute Gasteiger partial charge is 0.468 e. The monoisotopic (exact) mass is 480 g/mol. The van der Waals surface area contributed by atoms with Gasteiger partial charge in [0.25, 0.3) is 0 Å². The molecule has 0 bridgehead atoms. The summed E-state index contributed by atoms with van der Waals surface area (Å²) in [6.45, 7) is 5.77. The summed E-state index contributed by atoms with van der Waals surface area (Å²) in [5.41, 5.74) is 0. The number of furan rings is 1. The smallest absolute Gasteiger partial charge is 0.315 e. The van der Waals surface area contributed by atoms with Crippen LogP contribution < -0.4 is 5.32 Å². The zero-order valence-electron chi connectivity index (χ0n) is 17.8. The first kappa shape index (κ1) is 24.0. The van der Waals surface area contributed by atoms with Crippen LogP contribution in [0.1, 0.15) is 42.5 Å². The second-order valence-corrected chi connectivity index (χ2v) is 9.72. The van der Waals surface area contributed by atoms with E-state index in [2.05, 4.69) is 34.2 Å². The lowest BCUT2D eigenvalue weighted by Crippen LogP contribution is -2.39. The molecule has 1 atom stereocenters. The summed E-state index contributed by atoms with van der Waals surface area (Å²) in [6.07, 6.45) is 2.58. The topological polar surface area (TPSA) is 119 Å². The SMILES string of the molecule is CC[C@H](C)N(CCNC(=O)c1nc(CS(=O)(=O)c2ccc(Cl)cc2)no1)Cc1ccco1. The van der Waals surface area contributed by atoms with Crippen molar-refractivity contribution in [1.29, 1.82) is 0 Å². The lowest BCUT2D eigenvalue weighted by Gasteiger charge is -2.27.